The Labute approximate surface area is 112 Å². The van der Waals surface area contributed by atoms with Gasteiger partial charge in [0.15, 0.2) is 0 Å². The average molecular weight is 255 g/mol. The molecule has 19 heavy (non-hydrogen) atoms. The van der Waals surface area contributed by atoms with E-state index in [2.05, 4.69) is 28.6 Å². The molecule has 0 bridgehead atoms. The summed E-state index contributed by atoms with van der Waals surface area (Å²) >= 11 is 0. The van der Waals surface area contributed by atoms with Crippen LogP contribution in [0, 0.1) is 20.8 Å². The summed E-state index contributed by atoms with van der Waals surface area (Å²) in [6.07, 6.45) is 0. The SMILES string of the molecule is Cc1ccc(C)c(-c2ccc(C(=O)NN)c(C)n2)c1. The van der Waals surface area contributed by atoms with Crippen molar-refractivity contribution in [1.82, 2.24) is 10.4 Å². The van der Waals surface area contributed by atoms with Crippen molar-refractivity contribution in [3.63, 3.8) is 0 Å². The van der Waals surface area contributed by atoms with E-state index in [0.717, 1.165) is 16.8 Å². The van der Waals surface area contributed by atoms with Crippen LogP contribution in [0.1, 0.15) is 27.2 Å². The number of benzene rings is 1. The van der Waals surface area contributed by atoms with Crippen LogP contribution in [0.25, 0.3) is 11.3 Å². The van der Waals surface area contributed by atoms with Crippen LogP contribution in [0.15, 0.2) is 30.3 Å². The number of nitrogens with one attached hydrogen (secondary N) is 1. The predicted molar refractivity (Wildman–Crippen MR) is 75.5 cm³/mol. The third-order valence-corrected chi connectivity index (χ3v) is 3.13. The van der Waals surface area contributed by atoms with Crippen molar-refractivity contribution in [2.45, 2.75) is 20.8 Å². The number of nitrogens with zero attached hydrogens (tertiary/aromatic N) is 1. The molecule has 1 aromatic carbocycles. The summed E-state index contributed by atoms with van der Waals surface area (Å²) in [4.78, 5) is 16.0. The highest BCUT2D eigenvalue weighted by molar-refractivity contribution is 5.95. The number of nitrogen functional groups attached to an aromatic ring is 1. The van der Waals surface area contributed by atoms with Gasteiger partial charge in [-0.1, -0.05) is 17.7 Å². The molecule has 0 saturated heterocycles. The maximum atomic E-state index is 11.5. The fourth-order valence-electron chi connectivity index (χ4n) is 2.04. The third-order valence-electron chi connectivity index (χ3n) is 3.13. The number of carbonyl (C=O) groups is 1. The molecule has 0 saturated carbocycles. The summed E-state index contributed by atoms with van der Waals surface area (Å²) in [7, 11) is 0. The molecule has 0 atom stereocenters. The Hall–Kier alpha value is -2.20. The predicted octanol–water partition coefficient (Wildman–Crippen LogP) is 2.28. The van der Waals surface area contributed by atoms with Gasteiger partial charge in [0.25, 0.3) is 5.91 Å². The number of hydrogen-bond acceptors (Lipinski definition) is 3. The smallest absolute Gasteiger partial charge is 0.267 e. The van der Waals surface area contributed by atoms with Gasteiger partial charge in [-0.2, -0.15) is 0 Å². The van der Waals surface area contributed by atoms with Crippen molar-refractivity contribution < 1.29 is 4.79 Å². The van der Waals surface area contributed by atoms with E-state index in [9.17, 15) is 4.79 Å². The van der Waals surface area contributed by atoms with Crippen LogP contribution in [0.2, 0.25) is 0 Å². The van der Waals surface area contributed by atoms with Crippen LogP contribution < -0.4 is 11.3 Å². The molecule has 1 heterocycles. The normalized spacial score (nSPS) is 10.3. The van der Waals surface area contributed by atoms with Crippen LogP contribution in [0.3, 0.4) is 0 Å². The monoisotopic (exact) mass is 255 g/mol. The molecule has 0 radical (unpaired) electrons. The van der Waals surface area contributed by atoms with Gasteiger partial charge in [-0.15, -0.1) is 0 Å². The second kappa shape index (κ2) is 5.20. The maximum absolute atomic E-state index is 11.5. The lowest BCUT2D eigenvalue weighted by atomic mass is 10.0. The summed E-state index contributed by atoms with van der Waals surface area (Å²) in [6, 6.07) is 9.84. The van der Waals surface area contributed by atoms with Crippen molar-refractivity contribution >= 4 is 5.91 Å². The van der Waals surface area contributed by atoms with Crippen molar-refractivity contribution in [2.75, 3.05) is 0 Å². The van der Waals surface area contributed by atoms with Crippen LogP contribution in [-0.4, -0.2) is 10.9 Å². The summed E-state index contributed by atoms with van der Waals surface area (Å²) in [6.45, 7) is 5.90. The topological polar surface area (TPSA) is 68.0 Å². The van der Waals surface area contributed by atoms with Gasteiger partial charge in [-0.05, 0) is 44.5 Å². The molecular formula is C15H17N3O. The van der Waals surface area contributed by atoms with E-state index < -0.39 is 0 Å². The molecule has 2 rings (SSSR count). The van der Waals surface area contributed by atoms with Gasteiger partial charge in [0.1, 0.15) is 0 Å². The van der Waals surface area contributed by atoms with E-state index >= 15 is 0 Å². The zero-order valence-corrected chi connectivity index (χ0v) is 11.3. The zero-order valence-electron chi connectivity index (χ0n) is 11.3. The van der Waals surface area contributed by atoms with E-state index in [1.807, 2.05) is 19.9 Å². The van der Waals surface area contributed by atoms with Crippen molar-refractivity contribution in [2.24, 2.45) is 5.84 Å². The fraction of sp³-hybridized carbons (Fsp3) is 0.200. The van der Waals surface area contributed by atoms with Crippen LogP contribution in [0.5, 0.6) is 0 Å². The molecule has 0 aliphatic rings. The second-order valence-corrected chi connectivity index (χ2v) is 4.62. The highest BCUT2D eigenvalue weighted by atomic mass is 16.2. The number of pyridine rings is 1. The minimum atomic E-state index is -0.322. The Morgan fingerprint density at radius 2 is 1.89 bits per heavy atom. The first-order valence-corrected chi connectivity index (χ1v) is 6.09. The second-order valence-electron chi connectivity index (χ2n) is 4.62. The zero-order chi connectivity index (χ0) is 14.0. The molecule has 1 amide bonds. The molecule has 98 valence electrons. The largest absolute Gasteiger partial charge is 0.290 e. The number of hydrazine groups is 1. The molecule has 0 spiro atoms. The van der Waals surface area contributed by atoms with E-state index in [-0.39, 0.29) is 5.91 Å². The van der Waals surface area contributed by atoms with Crippen LogP contribution in [-0.2, 0) is 0 Å². The first-order chi connectivity index (χ1) is 9.02. The van der Waals surface area contributed by atoms with Crippen molar-refractivity contribution in [3.8, 4) is 11.3 Å². The number of carbonyl (C=O) groups excluding carboxylic acids is 1. The number of hydrogen-bond donors (Lipinski definition) is 2. The molecule has 0 aliphatic carbocycles. The van der Waals surface area contributed by atoms with Gasteiger partial charge in [-0.25, -0.2) is 5.84 Å². The van der Waals surface area contributed by atoms with E-state index in [1.165, 1.54) is 5.56 Å². The lowest BCUT2D eigenvalue weighted by molar-refractivity contribution is 0.0952. The number of aromatic nitrogens is 1. The average Bonchev–Trinajstić information content (AvgIpc) is 2.40. The standard InChI is InChI=1S/C15H17N3O/c1-9-4-5-10(2)13(8-9)14-7-6-12(11(3)17-14)15(19)18-16/h4-8H,16H2,1-3H3,(H,18,19). The molecule has 3 N–H and O–H groups in total. The molecular weight excluding hydrogens is 238 g/mol. The van der Waals surface area contributed by atoms with E-state index in [1.54, 1.807) is 13.0 Å². The first kappa shape index (κ1) is 13.2. The molecule has 2 aromatic rings. The van der Waals surface area contributed by atoms with Crippen LogP contribution in [0.4, 0.5) is 0 Å². The Morgan fingerprint density at radius 1 is 1.16 bits per heavy atom. The molecule has 1 aromatic heterocycles. The summed E-state index contributed by atoms with van der Waals surface area (Å²) in [5.41, 5.74) is 7.59. The molecule has 0 aliphatic heterocycles. The number of nitrogens with two attached hydrogens (primary N) is 1. The number of rotatable bonds is 2. The van der Waals surface area contributed by atoms with Crippen LogP contribution >= 0.6 is 0 Å². The van der Waals surface area contributed by atoms with Crippen molar-refractivity contribution in [3.05, 3.63) is 52.7 Å². The summed E-state index contributed by atoms with van der Waals surface area (Å²) < 4.78 is 0. The molecule has 0 unspecified atom stereocenters. The summed E-state index contributed by atoms with van der Waals surface area (Å²) in [5, 5.41) is 0. The van der Waals surface area contributed by atoms with Gasteiger partial charge in [-0.3, -0.25) is 15.2 Å². The number of amides is 1. The van der Waals surface area contributed by atoms with Gasteiger partial charge >= 0.3 is 0 Å². The van der Waals surface area contributed by atoms with Gasteiger partial charge in [0.05, 0.1) is 17.0 Å². The highest BCUT2D eigenvalue weighted by Gasteiger charge is 2.11. The lowest BCUT2D eigenvalue weighted by Crippen LogP contribution is -2.30. The number of aryl methyl sites for hydroxylation is 3. The molecule has 4 heteroatoms. The Morgan fingerprint density at radius 3 is 2.53 bits per heavy atom. The minimum Gasteiger partial charge on any atom is -0.290 e. The third kappa shape index (κ3) is 2.63. The quantitative estimate of drug-likeness (QED) is 0.491. The van der Waals surface area contributed by atoms with E-state index in [0.29, 0.717) is 11.3 Å². The highest BCUT2D eigenvalue weighted by Crippen LogP contribution is 2.23. The Balaban J connectivity index is 2.50. The van der Waals surface area contributed by atoms with Gasteiger partial charge in [0, 0.05) is 5.56 Å². The fourth-order valence-corrected chi connectivity index (χ4v) is 2.04. The molecule has 0 fully saturated rings. The minimum absolute atomic E-state index is 0.322. The van der Waals surface area contributed by atoms with Gasteiger partial charge < -0.3 is 0 Å². The first-order valence-electron chi connectivity index (χ1n) is 6.09. The van der Waals surface area contributed by atoms with Gasteiger partial charge in [0.2, 0.25) is 0 Å². The van der Waals surface area contributed by atoms with Crippen molar-refractivity contribution in [1.29, 1.82) is 0 Å². The Bertz CT molecular complexity index is 635. The molecule has 4 nitrogen and oxygen atoms in total. The summed E-state index contributed by atoms with van der Waals surface area (Å²) in [5.74, 6) is 4.82. The lowest BCUT2D eigenvalue weighted by Gasteiger charge is -2.09. The van der Waals surface area contributed by atoms with E-state index in [4.69, 9.17) is 5.84 Å². The Kier molecular flexibility index (Phi) is 3.62. The maximum Gasteiger partial charge on any atom is 0.267 e.